The van der Waals surface area contributed by atoms with E-state index in [1.54, 1.807) is 30.3 Å². The second-order valence-electron chi connectivity index (χ2n) is 5.27. The standard InChI is InChI=1S/C19H19F2NO3/c1-22(16-7-5-4-6-15(16)13-23)19(20,21)11-10-14-8-9-17(24-2)18(12-14)25-3/h4-13H,1-3H3/b11-10+. The van der Waals surface area contributed by atoms with Crippen molar-refractivity contribution in [3.8, 4) is 11.5 Å². The molecule has 0 heterocycles. The van der Waals surface area contributed by atoms with E-state index in [1.165, 1.54) is 39.5 Å². The fourth-order valence-corrected chi connectivity index (χ4v) is 2.32. The average Bonchev–Trinajstić information content (AvgIpc) is 2.65. The number of anilines is 1. The van der Waals surface area contributed by atoms with Gasteiger partial charge in [0.1, 0.15) is 0 Å². The molecule has 0 spiro atoms. The predicted octanol–water partition coefficient (Wildman–Crippen LogP) is 4.26. The summed E-state index contributed by atoms with van der Waals surface area (Å²) in [5.41, 5.74) is 0.887. The summed E-state index contributed by atoms with van der Waals surface area (Å²) in [4.78, 5) is 11.8. The highest BCUT2D eigenvalue weighted by atomic mass is 19.3. The number of hydrogen-bond donors (Lipinski definition) is 0. The number of hydrogen-bond acceptors (Lipinski definition) is 4. The fraction of sp³-hybridized carbons (Fsp3) is 0.211. The van der Waals surface area contributed by atoms with Gasteiger partial charge in [0.25, 0.3) is 0 Å². The second-order valence-corrected chi connectivity index (χ2v) is 5.27. The van der Waals surface area contributed by atoms with Gasteiger partial charge in [-0.3, -0.25) is 4.79 Å². The van der Waals surface area contributed by atoms with Crippen molar-refractivity contribution in [2.75, 3.05) is 26.2 Å². The van der Waals surface area contributed by atoms with Crippen LogP contribution < -0.4 is 14.4 Å². The summed E-state index contributed by atoms with van der Waals surface area (Å²) in [5.74, 6) is 0.969. The van der Waals surface area contributed by atoms with Gasteiger partial charge in [0, 0.05) is 18.7 Å². The number of carbonyl (C=O) groups is 1. The van der Waals surface area contributed by atoms with Crippen LogP contribution in [0.1, 0.15) is 15.9 Å². The molecule has 0 aliphatic carbocycles. The van der Waals surface area contributed by atoms with Gasteiger partial charge >= 0.3 is 6.05 Å². The number of rotatable bonds is 7. The molecular weight excluding hydrogens is 328 g/mol. The van der Waals surface area contributed by atoms with Crippen molar-refractivity contribution in [3.05, 3.63) is 59.7 Å². The second kappa shape index (κ2) is 7.79. The van der Waals surface area contributed by atoms with Gasteiger partial charge in [-0.1, -0.05) is 24.3 Å². The Bertz CT molecular complexity index is 775. The van der Waals surface area contributed by atoms with Crippen molar-refractivity contribution < 1.29 is 23.0 Å². The Morgan fingerprint density at radius 2 is 1.72 bits per heavy atom. The molecule has 0 saturated heterocycles. The van der Waals surface area contributed by atoms with Crippen LogP contribution in [0.2, 0.25) is 0 Å². The van der Waals surface area contributed by atoms with Crippen LogP contribution in [-0.2, 0) is 0 Å². The summed E-state index contributed by atoms with van der Waals surface area (Å²) < 4.78 is 39.3. The van der Waals surface area contributed by atoms with Crippen LogP contribution in [0.3, 0.4) is 0 Å². The first kappa shape index (κ1) is 18.4. The Kier molecular flexibility index (Phi) is 5.75. The van der Waals surface area contributed by atoms with Crippen LogP contribution in [0.15, 0.2) is 48.5 Å². The minimum atomic E-state index is -3.29. The highest BCUT2D eigenvalue weighted by molar-refractivity contribution is 5.84. The van der Waals surface area contributed by atoms with Crippen molar-refractivity contribution in [3.63, 3.8) is 0 Å². The Morgan fingerprint density at radius 3 is 2.36 bits per heavy atom. The van der Waals surface area contributed by atoms with E-state index in [2.05, 4.69) is 0 Å². The minimum absolute atomic E-state index is 0.152. The zero-order chi connectivity index (χ0) is 18.4. The average molecular weight is 347 g/mol. The Labute approximate surface area is 145 Å². The summed E-state index contributed by atoms with van der Waals surface area (Å²) in [6, 6.07) is 7.80. The number of para-hydroxylation sites is 1. The Balaban J connectivity index is 2.28. The summed E-state index contributed by atoms with van der Waals surface area (Å²) in [5, 5.41) is 0. The summed E-state index contributed by atoms with van der Waals surface area (Å²) in [6.07, 6.45) is 2.62. The van der Waals surface area contributed by atoms with Crippen LogP contribution in [0, 0.1) is 0 Å². The number of halogens is 2. The van der Waals surface area contributed by atoms with Gasteiger partial charge in [0.2, 0.25) is 0 Å². The third kappa shape index (κ3) is 4.15. The topological polar surface area (TPSA) is 38.8 Å². The molecule has 0 N–H and O–H groups in total. The number of ether oxygens (including phenoxy) is 2. The maximum Gasteiger partial charge on any atom is 0.346 e. The number of likely N-dealkylation sites (N-methyl/N-ethyl adjacent to an activating group) is 1. The normalized spacial score (nSPS) is 11.4. The number of methoxy groups -OCH3 is 2. The fourth-order valence-electron chi connectivity index (χ4n) is 2.32. The smallest absolute Gasteiger partial charge is 0.346 e. The molecule has 0 radical (unpaired) electrons. The van der Waals surface area contributed by atoms with E-state index in [4.69, 9.17) is 9.47 Å². The number of benzene rings is 2. The first-order valence-corrected chi connectivity index (χ1v) is 7.50. The zero-order valence-corrected chi connectivity index (χ0v) is 14.2. The third-order valence-corrected chi connectivity index (χ3v) is 3.76. The van der Waals surface area contributed by atoms with Crippen LogP contribution in [0.25, 0.3) is 6.08 Å². The van der Waals surface area contributed by atoms with E-state index in [0.717, 1.165) is 11.0 Å². The van der Waals surface area contributed by atoms with Crippen molar-refractivity contribution in [2.45, 2.75) is 6.05 Å². The first-order valence-electron chi connectivity index (χ1n) is 7.50. The lowest BCUT2D eigenvalue weighted by atomic mass is 10.1. The molecule has 2 aromatic rings. The van der Waals surface area contributed by atoms with E-state index < -0.39 is 6.05 Å². The summed E-state index contributed by atoms with van der Waals surface area (Å²) in [6.45, 7) is 0. The molecule has 0 atom stereocenters. The molecule has 0 unspecified atom stereocenters. The molecule has 132 valence electrons. The molecule has 0 aliphatic heterocycles. The number of aldehydes is 1. The lowest BCUT2D eigenvalue weighted by Gasteiger charge is -2.28. The lowest BCUT2D eigenvalue weighted by molar-refractivity contribution is 0.0573. The maximum atomic E-state index is 14.5. The molecule has 0 bridgehead atoms. The van der Waals surface area contributed by atoms with Gasteiger partial charge in [-0.15, -0.1) is 0 Å². The van der Waals surface area contributed by atoms with Gasteiger partial charge in [0.05, 0.1) is 19.9 Å². The van der Waals surface area contributed by atoms with Gasteiger partial charge < -0.3 is 14.4 Å². The molecule has 25 heavy (non-hydrogen) atoms. The highest BCUT2D eigenvalue weighted by Crippen LogP contribution is 2.31. The lowest BCUT2D eigenvalue weighted by Crippen LogP contribution is -2.37. The van der Waals surface area contributed by atoms with Gasteiger partial charge in [-0.2, -0.15) is 8.78 Å². The van der Waals surface area contributed by atoms with Crippen LogP contribution in [-0.4, -0.2) is 33.6 Å². The number of carbonyl (C=O) groups excluding carboxylic acids is 1. The highest BCUT2D eigenvalue weighted by Gasteiger charge is 2.32. The molecule has 0 amide bonds. The minimum Gasteiger partial charge on any atom is -0.493 e. The largest absolute Gasteiger partial charge is 0.493 e. The van der Waals surface area contributed by atoms with Crippen molar-refractivity contribution in [2.24, 2.45) is 0 Å². The van der Waals surface area contributed by atoms with E-state index in [1.807, 2.05) is 0 Å². The van der Waals surface area contributed by atoms with Crippen LogP contribution >= 0.6 is 0 Å². The first-order chi connectivity index (χ1) is 11.9. The molecule has 2 rings (SSSR count). The van der Waals surface area contributed by atoms with Crippen molar-refractivity contribution in [1.82, 2.24) is 0 Å². The number of alkyl halides is 2. The van der Waals surface area contributed by atoms with E-state index in [0.29, 0.717) is 23.3 Å². The zero-order valence-electron chi connectivity index (χ0n) is 14.2. The van der Waals surface area contributed by atoms with Crippen molar-refractivity contribution in [1.29, 1.82) is 0 Å². The van der Waals surface area contributed by atoms with E-state index in [9.17, 15) is 13.6 Å². The third-order valence-electron chi connectivity index (χ3n) is 3.76. The van der Waals surface area contributed by atoms with E-state index in [-0.39, 0.29) is 11.3 Å². The van der Waals surface area contributed by atoms with Gasteiger partial charge in [0.15, 0.2) is 17.8 Å². The summed E-state index contributed by atoms with van der Waals surface area (Å²) >= 11 is 0. The van der Waals surface area contributed by atoms with Crippen molar-refractivity contribution >= 4 is 18.0 Å². The summed E-state index contributed by atoms with van der Waals surface area (Å²) in [7, 11) is 4.21. The SMILES string of the molecule is COc1ccc(/C=C/C(F)(F)N(C)c2ccccc2C=O)cc1OC. The van der Waals surface area contributed by atoms with Crippen LogP contribution in [0.5, 0.6) is 11.5 Å². The predicted molar refractivity (Wildman–Crippen MR) is 93.8 cm³/mol. The quantitative estimate of drug-likeness (QED) is 0.554. The molecular formula is C19H19F2NO3. The Morgan fingerprint density at radius 1 is 1.04 bits per heavy atom. The molecule has 0 saturated carbocycles. The maximum absolute atomic E-state index is 14.5. The molecule has 4 nitrogen and oxygen atoms in total. The molecule has 0 fully saturated rings. The molecule has 2 aromatic carbocycles. The number of nitrogens with zero attached hydrogens (tertiary/aromatic N) is 1. The molecule has 6 heteroatoms. The van der Waals surface area contributed by atoms with E-state index >= 15 is 0 Å². The van der Waals surface area contributed by atoms with Gasteiger partial charge in [-0.05, 0) is 29.8 Å². The molecule has 0 aliphatic rings. The Hall–Kier alpha value is -2.89. The molecule has 0 aromatic heterocycles. The van der Waals surface area contributed by atoms with Gasteiger partial charge in [-0.25, -0.2) is 0 Å². The van der Waals surface area contributed by atoms with Crippen LogP contribution in [0.4, 0.5) is 14.5 Å². The monoisotopic (exact) mass is 347 g/mol.